The van der Waals surface area contributed by atoms with E-state index in [1.165, 1.54) is 23.1 Å². The van der Waals surface area contributed by atoms with E-state index >= 15 is 0 Å². The number of hydrogen-bond donors (Lipinski definition) is 0. The topological polar surface area (TPSA) is 41.9 Å². The molecule has 3 rings (SSSR count). The Morgan fingerprint density at radius 3 is 2.50 bits per heavy atom. The lowest BCUT2D eigenvalue weighted by Gasteiger charge is -2.28. The van der Waals surface area contributed by atoms with Crippen LogP contribution in [0.15, 0.2) is 53.7 Å². The molecule has 4 nitrogen and oxygen atoms in total. The van der Waals surface area contributed by atoms with Crippen molar-refractivity contribution in [2.75, 3.05) is 6.54 Å². The predicted molar refractivity (Wildman–Crippen MR) is 113 cm³/mol. The second-order valence-electron chi connectivity index (χ2n) is 9.19. The van der Waals surface area contributed by atoms with Gasteiger partial charge >= 0.3 is 6.18 Å². The zero-order chi connectivity index (χ0) is 23.5. The molecule has 2 aromatic carbocycles. The van der Waals surface area contributed by atoms with Crippen molar-refractivity contribution in [2.45, 2.75) is 52.4 Å². The van der Waals surface area contributed by atoms with E-state index in [0.717, 1.165) is 12.1 Å². The largest absolute Gasteiger partial charge is 0.416 e. The number of nitrogens with zero attached hydrogens (tertiary/aromatic N) is 2. The first-order valence-electron chi connectivity index (χ1n) is 10.3. The number of halogens is 4. The van der Waals surface area contributed by atoms with Gasteiger partial charge in [-0.05, 0) is 35.2 Å². The summed E-state index contributed by atoms with van der Waals surface area (Å²) < 4.78 is 52.8. The van der Waals surface area contributed by atoms with Crippen molar-refractivity contribution >= 4 is 11.6 Å². The molecule has 32 heavy (non-hydrogen) atoms. The highest BCUT2D eigenvalue weighted by atomic mass is 19.4. The van der Waals surface area contributed by atoms with Crippen LogP contribution in [0.1, 0.15) is 50.3 Å². The number of amides is 1. The van der Waals surface area contributed by atoms with Crippen molar-refractivity contribution < 1.29 is 27.2 Å². The summed E-state index contributed by atoms with van der Waals surface area (Å²) in [6.45, 7) is 5.95. The highest BCUT2D eigenvalue weighted by Gasteiger charge is 2.32. The van der Waals surface area contributed by atoms with Crippen LogP contribution in [0.25, 0.3) is 0 Å². The van der Waals surface area contributed by atoms with E-state index < -0.39 is 17.8 Å². The van der Waals surface area contributed by atoms with E-state index in [0.29, 0.717) is 23.3 Å². The zero-order valence-electron chi connectivity index (χ0n) is 18.2. The maximum atomic E-state index is 13.5. The molecule has 0 saturated carbocycles. The molecule has 0 aromatic heterocycles. The molecule has 1 aliphatic heterocycles. The van der Waals surface area contributed by atoms with Crippen molar-refractivity contribution in [3.8, 4) is 0 Å². The molecular weight excluding hydrogens is 424 g/mol. The number of oxime groups is 1. The second-order valence-corrected chi connectivity index (χ2v) is 9.19. The summed E-state index contributed by atoms with van der Waals surface area (Å²) in [4.78, 5) is 20.0. The Morgan fingerprint density at radius 1 is 1.12 bits per heavy atom. The fraction of sp³-hybridized carbons (Fsp3) is 0.417. The molecule has 1 atom stereocenters. The molecule has 172 valence electrons. The van der Waals surface area contributed by atoms with Gasteiger partial charge in [0.05, 0.1) is 17.8 Å². The molecule has 0 fully saturated rings. The normalized spacial score (nSPS) is 16.5. The van der Waals surface area contributed by atoms with E-state index in [2.05, 4.69) is 5.16 Å². The van der Waals surface area contributed by atoms with Crippen LogP contribution >= 0.6 is 0 Å². The third-order valence-electron chi connectivity index (χ3n) is 4.98. The van der Waals surface area contributed by atoms with Crippen LogP contribution in [0, 0.1) is 11.2 Å². The number of alkyl halides is 3. The van der Waals surface area contributed by atoms with Gasteiger partial charge in [-0.2, -0.15) is 13.2 Å². The lowest BCUT2D eigenvalue weighted by molar-refractivity contribution is -0.137. The molecule has 0 unspecified atom stereocenters. The second kappa shape index (κ2) is 9.30. The fourth-order valence-corrected chi connectivity index (χ4v) is 3.50. The quantitative estimate of drug-likeness (QED) is 0.522. The van der Waals surface area contributed by atoms with Gasteiger partial charge in [-0.25, -0.2) is 4.39 Å². The van der Waals surface area contributed by atoms with E-state index in [-0.39, 0.29) is 36.6 Å². The van der Waals surface area contributed by atoms with Gasteiger partial charge in [-0.1, -0.05) is 50.2 Å². The van der Waals surface area contributed by atoms with E-state index in [9.17, 15) is 22.4 Å². The average Bonchev–Trinajstić information content (AvgIpc) is 3.14. The lowest BCUT2D eigenvalue weighted by Crippen LogP contribution is -2.38. The number of carbonyl (C=O) groups is 1. The third kappa shape index (κ3) is 6.55. The van der Waals surface area contributed by atoms with Gasteiger partial charge in [0.1, 0.15) is 5.82 Å². The van der Waals surface area contributed by atoms with E-state index in [1.54, 1.807) is 18.2 Å². The zero-order valence-corrected chi connectivity index (χ0v) is 18.2. The van der Waals surface area contributed by atoms with E-state index in [1.807, 2.05) is 20.8 Å². The van der Waals surface area contributed by atoms with Crippen LogP contribution in [0.3, 0.4) is 0 Å². The number of rotatable bonds is 6. The van der Waals surface area contributed by atoms with Crippen molar-refractivity contribution in [1.29, 1.82) is 0 Å². The molecule has 0 saturated heterocycles. The SMILES string of the molecule is CC(C)(C)CC(=O)N(Cc1cccc(C(F)(F)F)c1)C[C@@H]1CC(c2cccc(F)c2)=NO1. The van der Waals surface area contributed by atoms with Crippen LogP contribution in [0.4, 0.5) is 17.6 Å². The minimum atomic E-state index is -4.46. The first-order valence-corrected chi connectivity index (χ1v) is 10.3. The highest BCUT2D eigenvalue weighted by Crippen LogP contribution is 2.30. The van der Waals surface area contributed by atoms with Crippen molar-refractivity contribution in [1.82, 2.24) is 4.90 Å². The summed E-state index contributed by atoms with van der Waals surface area (Å²) in [6.07, 6.45) is -4.33. The smallest absolute Gasteiger partial charge is 0.390 e. The number of hydrogen-bond acceptors (Lipinski definition) is 3. The Balaban J connectivity index is 1.75. The van der Waals surface area contributed by atoms with Gasteiger partial charge in [0.15, 0.2) is 6.10 Å². The van der Waals surface area contributed by atoms with Crippen molar-refractivity contribution in [3.63, 3.8) is 0 Å². The van der Waals surface area contributed by atoms with Crippen LogP contribution in [-0.2, 0) is 22.4 Å². The molecular formula is C24H26F4N2O2. The average molecular weight is 450 g/mol. The minimum Gasteiger partial charge on any atom is -0.390 e. The predicted octanol–water partition coefficient (Wildman–Crippen LogP) is 5.80. The van der Waals surface area contributed by atoms with Crippen LogP contribution in [-0.4, -0.2) is 29.2 Å². The molecule has 1 aliphatic rings. The Labute approximate surface area is 184 Å². The lowest BCUT2D eigenvalue weighted by atomic mass is 9.91. The van der Waals surface area contributed by atoms with Gasteiger partial charge in [0.2, 0.25) is 5.91 Å². The third-order valence-corrected chi connectivity index (χ3v) is 4.98. The van der Waals surface area contributed by atoms with Crippen LogP contribution in [0.5, 0.6) is 0 Å². The Bertz CT molecular complexity index is 996. The maximum Gasteiger partial charge on any atom is 0.416 e. The highest BCUT2D eigenvalue weighted by molar-refractivity contribution is 6.01. The Morgan fingerprint density at radius 2 is 1.84 bits per heavy atom. The molecule has 0 radical (unpaired) electrons. The molecule has 0 bridgehead atoms. The molecule has 1 heterocycles. The van der Waals surface area contributed by atoms with Gasteiger partial charge < -0.3 is 9.74 Å². The van der Waals surface area contributed by atoms with Gasteiger partial charge in [-0.3, -0.25) is 4.79 Å². The minimum absolute atomic E-state index is 0.0218. The first-order chi connectivity index (χ1) is 14.9. The van der Waals surface area contributed by atoms with Crippen molar-refractivity contribution in [2.24, 2.45) is 10.6 Å². The van der Waals surface area contributed by atoms with Gasteiger partial charge in [-0.15, -0.1) is 0 Å². The summed E-state index contributed by atoms with van der Waals surface area (Å²) in [6, 6.07) is 10.9. The van der Waals surface area contributed by atoms with Crippen LogP contribution in [0.2, 0.25) is 0 Å². The summed E-state index contributed by atoms with van der Waals surface area (Å²) in [7, 11) is 0. The molecule has 2 aromatic rings. The Kier molecular flexibility index (Phi) is 6.91. The Hall–Kier alpha value is -2.90. The van der Waals surface area contributed by atoms with Crippen LogP contribution < -0.4 is 0 Å². The van der Waals surface area contributed by atoms with Gasteiger partial charge in [0.25, 0.3) is 0 Å². The molecule has 0 spiro atoms. The summed E-state index contributed by atoms with van der Waals surface area (Å²) in [5.41, 5.74) is 0.497. The fourth-order valence-electron chi connectivity index (χ4n) is 3.50. The van der Waals surface area contributed by atoms with Crippen molar-refractivity contribution in [3.05, 3.63) is 71.0 Å². The first kappa shape index (κ1) is 23.8. The van der Waals surface area contributed by atoms with E-state index in [4.69, 9.17) is 4.84 Å². The molecule has 0 aliphatic carbocycles. The monoisotopic (exact) mass is 450 g/mol. The molecule has 0 N–H and O–H groups in total. The number of carbonyl (C=O) groups excluding carboxylic acids is 1. The molecule has 1 amide bonds. The summed E-state index contributed by atoms with van der Waals surface area (Å²) >= 11 is 0. The summed E-state index contributed by atoms with van der Waals surface area (Å²) in [5, 5.41) is 4.03. The standard InChI is InChI=1S/C24H26F4N2O2/c1-23(2,3)13-22(31)30(14-16-6-4-8-18(10-16)24(26,27)28)15-20-12-21(29-32-20)17-7-5-9-19(25)11-17/h4-11,20H,12-15H2,1-3H3/t20-/m0/s1. The summed E-state index contributed by atoms with van der Waals surface area (Å²) in [5.74, 6) is -0.571. The maximum absolute atomic E-state index is 13.5. The van der Waals surface area contributed by atoms with Gasteiger partial charge in [0, 0.05) is 24.9 Å². The molecule has 8 heteroatoms. The number of benzene rings is 2.